The second-order valence-electron chi connectivity index (χ2n) is 7.24. The van der Waals surface area contributed by atoms with E-state index in [0.717, 1.165) is 5.56 Å². The van der Waals surface area contributed by atoms with E-state index in [1.807, 2.05) is 31.2 Å². The minimum Gasteiger partial charge on any atom is -0.497 e. The number of carbonyl (C=O) groups is 2. The Labute approximate surface area is 187 Å². The van der Waals surface area contributed by atoms with Crippen molar-refractivity contribution in [3.8, 4) is 17.2 Å². The summed E-state index contributed by atoms with van der Waals surface area (Å²) in [6.45, 7) is 3.90. The van der Waals surface area contributed by atoms with E-state index in [1.54, 1.807) is 39.3 Å². The van der Waals surface area contributed by atoms with Gasteiger partial charge in [0.25, 0.3) is 0 Å². The maximum Gasteiger partial charge on any atom is 0.338 e. The lowest BCUT2D eigenvalue weighted by Crippen LogP contribution is -2.48. The van der Waals surface area contributed by atoms with E-state index in [2.05, 4.69) is 5.32 Å². The van der Waals surface area contributed by atoms with E-state index in [9.17, 15) is 9.59 Å². The van der Waals surface area contributed by atoms with Crippen molar-refractivity contribution in [1.82, 2.24) is 10.2 Å². The summed E-state index contributed by atoms with van der Waals surface area (Å²) in [6, 6.07) is 11.6. The average Bonchev–Trinajstić information content (AvgIpc) is 2.79. The van der Waals surface area contributed by atoms with Gasteiger partial charge in [0.2, 0.25) is 0 Å². The number of benzene rings is 2. The SMILES string of the molecule is CCOC(=O)C1=C(COc2cccc(C)c2)N(C)C(=O)NC1c1ccc(OC)cc1OC. The Morgan fingerprint density at radius 2 is 1.88 bits per heavy atom. The number of methoxy groups -OCH3 is 2. The van der Waals surface area contributed by atoms with Crippen molar-refractivity contribution in [3.05, 3.63) is 64.9 Å². The fourth-order valence-electron chi connectivity index (χ4n) is 3.53. The van der Waals surface area contributed by atoms with Gasteiger partial charge >= 0.3 is 12.0 Å². The zero-order chi connectivity index (χ0) is 23.3. The molecule has 1 aliphatic rings. The van der Waals surface area contributed by atoms with E-state index >= 15 is 0 Å². The van der Waals surface area contributed by atoms with Crippen LogP contribution in [0.25, 0.3) is 0 Å². The van der Waals surface area contributed by atoms with Crippen LogP contribution >= 0.6 is 0 Å². The fourth-order valence-corrected chi connectivity index (χ4v) is 3.53. The lowest BCUT2D eigenvalue weighted by molar-refractivity contribution is -0.139. The lowest BCUT2D eigenvalue weighted by atomic mass is 9.94. The predicted octanol–water partition coefficient (Wildman–Crippen LogP) is 3.60. The van der Waals surface area contributed by atoms with E-state index in [0.29, 0.717) is 28.5 Å². The molecule has 1 aliphatic heterocycles. The molecule has 0 fully saturated rings. The normalized spacial score (nSPS) is 15.8. The molecule has 0 aromatic heterocycles. The van der Waals surface area contributed by atoms with Crippen molar-refractivity contribution in [3.63, 3.8) is 0 Å². The maximum atomic E-state index is 13.1. The van der Waals surface area contributed by atoms with Crippen molar-refractivity contribution in [2.24, 2.45) is 0 Å². The van der Waals surface area contributed by atoms with E-state index in [1.165, 1.54) is 12.0 Å². The number of esters is 1. The maximum absolute atomic E-state index is 13.1. The third-order valence-corrected chi connectivity index (χ3v) is 5.19. The van der Waals surface area contributed by atoms with Gasteiger partial charge in [0, 0.05) is 18.7 Å². The van der Waals surface area contributed by atoms with Crippen LogP contribution in [0.15, 0.2) is 53.7 Å². The van der Waals surface area contributed by atoms with E-state index < -0.39 is 12.0 Å². The smallest absolute Gasteiger partial charge is 0.338 e. The monoisotopic (exact) mass is 440 g/mol. The van der Waals surface area contributed by atoms with Gasteiger partial charge in [-0.25, -0.2) is 9.59 Å². The Morgan fingerprint density at radius 3 is 2.53 bits per heavy atom. The van der Waals surface area contributed by atoms with E-state index in [-0.39, 0.29) is 24.8 Å². The van der Waals surface area contributed by atoms with Gasteiger partial charge in [-0.3, -0.25) is 4.90 Å². The standard InChI is InChI=1S/C24H28N2O6/c1-6-31-23(27)21-19(14-32-17-9-7-8-15(2)12-17)26(3)24(28)25-22(21)18-11-10-16(29-4)13-20(18)30-5/h7-13,22H,6,14H2,1-5H3,(H,25,28). The van der Waals surface area contributed by atoms with Crippen molar-refractivity contribution >= 4 is 12.0 Å². The third kappa shape index (κ3) is 4.80. The molecule has 0 aliphatic carbocycles. The van der Waals surface area contributed by atoms with Crippen molar-refractivity contribution in [2.45, 2.75) is 19.9 Å². The highest BCUT2D eigenvalue weighted by molar-refractivity contribution is 5.95. The first-order chi connectivity index (χ1) is 15.4. The third-order valence-electron chi connectivity index (χ3n) is 5.19. The molecular weight excluding hydrogens is 412 g/mol. The summed E-state index contributed by atoms with van der Waals surface area (Å²) in [5.74, 6) is 1.17. The summed E-state index contributed by atoms with van der Waals surface area (Å²) in [5, 5.41) is 2.87. The molecule has 8 heteroatoms. The average molecular weight is 440 g/mol. The minimum absolute atomic E-state index is 0.0104. The molecule has 3 rings (SSSR count). The Morgan fingerprint density at radius 1 is 1.09 bits per heavy atom. The summed E-state index contributed by atoms with van der Waals surface area (Å²) in [4.78, 5) is 27.2. The van der Waals surface area contributed by atoms with Crippen LogP contribution in [0.1, 0.15) is 24.1 Å². The number of hydrogen-bond donors (Lipinski definition) is 1. The van der Waals surface area contributed by atoms with Crippen LogP contribution in [0.5, 0.6) is 17.2 Å². The van der Waals surface area contributed by atoms with Crippen molar-refractivity contribution < 1.29 is 28.5 Å². The molecular formula is C24H28N2O6. The molecule has 2 amide bonds. The van der Waals surface area contributed by atoms with Gasteiger partial charge < -0.3 is 24.3 Å². The van der Waals surface area contributed by atoms with Crippen LogP contribution in [-0.2, 0) is 9.53 Å². The highest BCUT2D eigenvalue weighted by Gasteiger charge is 2.38. The number of carbonyl (C=O) groups excluding carboxylic acids is 2. The molecule has 32 heavy (non-hydrogen) atoms. The summed E-state index contributed by atoms with van der Waals surface area (Å²) >= 11 is 0. The summed E-state index contributed by atoms with van der Waals surface area (Å²) in [6.07, 6.45) is 0. The number of nitrogens with zero attached hydrogens (tertiary/aromatic N) is 1. The quantitative estimate of drug-likeness (QED) is 0.631. The van der Waals surface area contributed by atoms with Crippen LogP contribution in [0.4, 0.5) is 4.79 Å². The fraction of sp³-hybridized carbons (Fsp3) is 0.333. The van der Waals surface area contributed by atoms with Crippen LogP contribution in [0.3, 0.4) is 0 Å². The number of urea groups is 1. The first-order valence-electron chi connectivity index (χ1n) is 10.2. The first-order valence-corrected chi connectivity index (χ1v) is 10.2. The second-order valence-corrected chi connectivity index (χ2v) is 7.24. The van der Waals surface area contributed by atoms with Gasteiger partial charge in [0.05, 0.1) is 38.1 Å². The van der Waals surface area contributed by atoms with E-state index in [4.69, 9.17) is 18.9 Å². The van der Waals surface area contributed by atoms with Gasteiger partial charge in [-0.05, 0) is 43.7 Å². The molecule has 1 heterocycles. The molecule has 2 aromatic rings. The topological polar surface area (TPSA) is 86.3 Å². The van der Waals surface area contributed by atoms with Gasteiger partial charge in [-0.1, -0.05) is 12.1 Å². The number of rotatable bonds is 8. The van der Waals surface area contributed by atoms with Crippen LogP contribution < -0.4 is 19.5 Å². The Bertz CT molecular complexity index is 1030. The Kier molecular flexibility index (Phi) is 7.25. The van der Waals surface area contributed by atoms with Crippen LogP contribution in [-0.4, -0.2) is 51.4 Å². The molecule has 1 unspecified atom stereocenters. The van der Waals surface area contributed by atoms with Gasteiger partial charge in [0.15, 0.2) is 0 Å². The Balaban J connectivity index is 2.09. The zero-order valence-electron chi connectivity index (χ0n) is 18.9. The molecule has 2 aromatic carbocycles. The molecule has 1 N–H and O–H groups in total. The Hall–Kier alpha value is -3.68. The molecule has 0 saturated carbocycles. The predicted molar refractivity (Wildman–Crippen MR) is 119 cm³/mol. The summed E-state index contributed by atoms with van der Waals surface area (Å²) in [7, 11) is 4.66. The molecule has 1 atom stereocenters. The number of aryl methyl sites for hydroxylation is 1. The highest BCUT2D eigenvalue weighted by atomic mass is 16.5. The van der Waals surface area contributed by atoms with Crippen molar-refractivity contribution in [2.75, 3.05) is 34.5 Å². The zero-order valence-corrected chi connectivity index (χ0v) is 18.9. The van der Waals surface area contributed by atoms with Gasteiger partial charge in [0.1, 0.15) is 23.9 Å². The first kappa shape index (κ1) is 23.0. The summed E-state index contributed by atoms with van der Waals surface area (Å²) < 4.78 is 22.1. The molecule has 0 radical (unpaired) electrons. The number of ether oxygens (including phenoxy) is 4. The largest absolute Gasteiger partial charge is 0.497 e. The lowest BCUT2D eigenvalue weighted by Gasteiger charge is -2.35. The molecule has 0 spiro atoms. The minimum atomic E-state index is -0.783. The number of likely N-dealkylation sites (N-methyl/N-ethyl adjacent to an activating group) is 1. The van der Waals surface area contributed by atoms with Crippen molar-refractivity contribution in [1.29, 1.82) is 0 Å². The summed E-state index contributed by atoms with van der Waals surface area (Å²) in [5.41, 5.74) is 2.34. The number of hydrogen-bond acceptors (Lipinski definition) is 6. The van der Waals surface area contributed by atoms with Gasteiger partial charge in [-0.15, -0.1) is 0 Å². The highest BCUT2D eigenvalue weighted by Crippen LogP contribution is 2.37. The van der Waals surface area contributed by atoms with Crippen LogP contribution in [0.2, 0.25) is 0 Å². The second kappa shape index (κ2) is 10.1. The molecule has 0 bridgehead atoms. The molecule has 0 saturated heterocycles. The van der Waals surface area contributed by atoms with Crippen LogP contribution in [0, 0.1) is 6.92 Å². The number of nitrogens with one attached hydrogen (secondary N) is 1. The molecule has 8 nitrogen and oxygen atoms in total. The van der Waals surface area contributed by atoms with Gasteiger partial charge in [-0.2, -0.15) is 0 Å². The number of amides is 2. The molecule has 170 valence electrons.